The van der Waals surface area contributed by atoms with Gasteiger partial charge >= 0.3 is 0 Å². The molecule has 0 fully saturated rings. The molecule has 0 spiro atoms. The summed E-state index contributed by atoms with van der Waals surface area (Å²) in [5.41, 5.74) is 0. The average Bonchev–Trinajstić information content (AvgIpc) is 2.16. The molecule has 0 aliphatic rings. The first kappa shape index (κ1) is 15.9. The number of rotatable bonds is 8. The second-order valence-electron chi connectivity index (χ2n) is 5.71. The highest BCUT2D eigenvalue weighted by Gasteiger charge is 2.25. The van der Waals surface area contributed by atoms with Gasteiger partial charge in [0.25, 0.3) is 0 Å². The molecule has 0 aromatic carbocycles. The first-order chi connectivity index (χ1) is 7.83. The Morgan fingerprint density at radius 1 is 0.765 bits per heavy atom. The molecule has 17 heavy (non-hydrogen) atoms. The fourth-order valence-electron chi connectivity index (χ4n) is 2.04. The maximum atomic E-state index is 3.69. The van der Waals surface area contributed by atoms with Gasteiger partial charge in [-0.1, -0.05) is 37.5 Å². The maximum Gasteiger partial charge on any atom is 0.207 e. The minimum absolute atomic E-state index is 0.971. The van der Waals surface area contributed by atoms with Crippen molar-refractivity contribution in [2.45, 2.75) is 0 Å². The van der Waals surface area contributed by atoms with Crippen molar-refractivity contribution in [1.29, 1.82) is 0 Å². The van der Waals surface area contributed by atoms with Crippen LogP contribution in [0.5, 0.6) is 0 Å². The Morgan fingerprint density at radius 3 is 1.41 bits per heavy atom. The molecule has 0 heterocycles. The van der Waals surface area contributed by atoms with Crippen LogP contribution < -0.4 is 0 Å². The smallest absolute Gasteiger partial charge is 0.207 e. The van der Waals surface area contributed by atoms with Gasteiger partial charge in [-0.25, -0.2) is 0 Å². The van der Waals surface area contributed by atoms with E-state index in [-0.39, 0.29) is 0 Å². The SMILES string of the molecule is C=C/C=C/C[N+](C)(C)C[N+](C)(C)C/C=C/C=C. The zero-order valence-corrected chi connectivity index (χ0v) is 11.9. The molecule has 0 saturated heterocycles. The summed E-state index contributed by atoms with van der Waals surface area (Å²) in [7, 11) is 9.02. The summed E-state index contributed by atoms with van der Waals surface area (Å²) >= 11 is 0. The number of nitrogens with zero attached hydrogens (tertiary/aromatic N) is 2. The lowest BCUT2D eigenvalue weighted by atomic mass is 10.3. The van der Waals surface area contributed by atoms with Gasteiger partial charge in [-0.15, -0.1) is 0 Å². The van der Waals surface area contributed by atoms with Gasteiger partial charge in [0.05, 0.1) is 28.2 Å². The molecule has 0 unspecified atom stereocenters. The van der Waals surface area contributed by atoms with Crippen molar-refractivity contribution >= 4 is 0 Å². The Bertz CT molecular complexity index is 266. The number of hydrogen-bond acceptors (Lipinski definition) is 0. The first-order valence-corrected chi connectivity index (χ1v) is 6.02. The number of likely N-dealkylation sites (N-methyl/N-ethyl adjacent to an activating group) is 2. The number of allylic oxidation sites excluding steroid dienone is 4. The molecule has 0 aromatic rings. The molecule has 0 aliphatic carbocycles. The Balaban J connectivity index is 4.35. The summed E-state index contributed by atoms with van der Waals surface area (Å²) < 4.78 is 1.94. The maximum absolute atomic E-state index is 3.69. The van der Waals surface area contributed by atoms with Crippen molar-refractivity contribution in [2.75, 3.05) is 47.9 Å². The second-order valence-corrected chi connectivity index (χ2v) is 5.71. The zero-order chi connectivity index (χ0) is 13.4. The van der Waals surface area contributed by atoms with Crippen molar-refractivity contribution in [3.63, 3.8) is 0 Å². The molecule has 96 valence electrons. The van der Waals surface area contributed by atoms with Crippen molar-refractivity contribution in [3.05, 3.63) is 49.6 Å². The Morgan fingerprint density at radius 2 is 1.12 bits per heavy atom. The fraction of sp³-hybridized carbons (Fsp3) is 0.467. The lowest BCUT2D eigenvalue weighted by Gasteiger charge is -2.37. The molecular weight excluding hydrogens is 208 g/mol. The van der Waals surface area contributed by atoms with Crippen LogP contribution in [0.4, 0.5) is 0 Å². The van der Waals surface area contributed by atoms with E-state index in [9.17, 15) is 0 Å². The standard InChI is InChI=1S/C15H28N2/c1-7-9-11-13-16(3,4)15-17(5,6)14-12-10-8-2/h7-12H,1-2,13-15H2,3-6H3/q+2/b11-9+,12-10+. The molecular formula is C15H28N2+2. The average molecular weight is 236 g/mol. The Kier molecular flexibility index (Phi) is 6.78. The third-order valence-corrected chi connectivity index (χ3v) is 2.51. The summed E-state index contributed by atoms with van der Waals surface area (Å²) in [6.45, 7) is 10.5. The van der Waals surface area contributed by atoms with Gasteiger partial charge in [-0.05, 0) is 12.2 Å². The minimum Gasteiger partial charge on any atom is -0.279 e. The highest BCUT2D eigenvalue weighted by Crippen LogP contribution is 2.06. The van der Waals surface area contributed by atoms with Crippen LogP contribution in [0.15, 0.2) is 49.6 Å². The van der Waals surface area contributed by atoms with Crippen LogP contribution in [0.2, 0.25) is 0 Å². The van der Waals surface area contributed by atoms with E-state index in [1.807, 2.05) is 24.3 Å². The fourth-order valence-corrected chi connectivity index (χ4v) is 2.04. The first-order valence-electron chi connectivity index (χ1n) is 6.02. The zero-order valence-electron chi connectivity index (χ0n) is 11.9. The van der Waals surface area contributed by atoms with Gasteiger partial charge in [-0.2, -0.15) is 0 Å². The van der Waals surface area contributed by atoms with Crippen molar-refractivity contribution in [3.8, 4) is 0 Å². The summed E-state index contributed by atoms with van der Waals surface area (Å²) in [5, 5.41) is 0. The number of hydrogen-bond donors (Lipinski definition) is 0. The van der Waals surface area contributed by atoms with Gasteiger partial charge in [0.15, 0.2) is 0 Å². The molecule has 0 radical (unpaired) electrons. The highest BCUT2D eigenvalue weighted by atomic mass is 15.5. The second kappa shape index (κ2) is 7.25. The van der Waals surface area contributed by atoms with Crippen LogP contribution >= 0.6 is 0 Å². The van der Waals surface area contributed by atoms with Crippen LogP contribution in [0.3, 0.4) is 0 Å². The number of quaternary nitrogens is 2. The quantitative estimate of drug-likeness (QED) is 0.345. The Hall–Kier alpha value is -1.12. The largest absolute Gasteiger partial charge is 0.279 e. The molecule has 0 aliphatic heterocycles. The molecule has 2 nitrogen and oxygen atoms in total. The van der Waals surface area contributed by atoms with Crippen LogP contribution in [0.25, 0.3) is 0 Å². The van der Waals surface area contributed by atoms with E-state index in [0.29, 0.717) is 0 Å². The van der Waals surface area contributed by atoms with Gasteiger partial charge in [0, 0.05) is 0 Å². The highest BCUT2D eigenvalue weighted by molar-refractivity contribution is 4.97. The van der Waals surface area contributed by atoms with E-state index >= 15 is 0 Å². The van der Waals surface area contributed by atoms with E-state index in [1.54, 1.807) is 0 Å². The topological polar surface area (TPSA) is 0 Å². The van der Waals surface area contributed by atoms with Gasteiger partial charge in [-0.3, -0.25) is 8.97 Å². The predicted molar refractivity (Wildman–Crippen MR) is 77.5 cm³/mol. The summed E-state index contributed by atoms with van der Waals surface area (Å²) in [4.78, 5) is 0. The molecule has 0 N–H and O–H groups in total. The molecule has 0 bridgehead atoms. The van der Waals surface area contributed by atoms with Crippen molar-refractivity contribution in [2.24, 2.45) is 0 Å². The summed E-state index contributed by atoms with van der Waals surface area (Å²) in [5.74, 6) is 0. The predicted octanol–water partition coefficient (Wildman–Crippen LogP) is 2.58. The molecule has 0 amide bonds. The molecule has 0 aromatic heterocycles. The van der Waals surface area contributed by atoms with E-state index in [1.165, 1.54) is 0 Å². The van der Waals surface area contributed by atoms with E-state index in [4.69, 9.17) is 0 Å². The van der Waals surface area contributed by atoms with Crippen LogP contribution in [-0.2, 0) is 0 Å². The summed E-state index contributed by atoms with van der Waals surface area (Å²) in [6, 6.07) is 0. The van der Waals surface area contributed by atoms with Crippen LogP contribution in [0, 0.1) is 0 Å². The monoisotopic (exact) mass is 236 g/mol. The van der Waals surface area contributed by atoms with E-state index in [0.717, 1.165) is 28.7 Å². The Labute approximate surface area is 107 Å². The third kappa shape index (κ3) is 8.66. The van der Waals surface area contributed by atoms with Gasteiger partial charge in [0.1, 0.15) is 13.1 Å². The lowest BCUT2D eigenvalue weighted by molar-refractivity contribution is -1.06. The van der Waals surface area contributed by atoms with Crippen molar-refractivity contribution < 1.29 is 8.97 Å². The van der Waals surface area contributed by atoms with E-state index in [2.05, 4.69) is 53.5 Å². The third-order valence-electron chi connectivity index (χ3n) is 2.51. The minimum atomic E-state index is 0.971. The molecule has 0 rings (SSSR count). The lowest BCUT2D eigenvalue weighted by Crippen LogP contribution is -2.55. The molecule has 2 heteroatoms. The molecule has 0 saturated carbocycles. The van der Waals surface area contributed by atoms with Gasteiger partial charge < -0.3 is 0 Å². The van der Waals surface area contributed by atoms with Gasteiger partial charge in [0.2, 0.25) is 6.67 Å². The summed E-state index contributed by atoms with van der Waals surface area (Å²) in [6.07, 6.45) is 12.0. The van der Waals surface area contributed by atoms with Crippen LogP contribution in [-0.4, -0.2) is 56.9 Å². The van der Waals surface area contributed by atoms with Crippen LogP contribution in [0.1, 0.15) is 0 Å². The van der Waals surface area contributed by atoms with E-state index < -0.39 is 0 Å². The molecule has 0 atom stereocenters. The normalized spacial score (nSPS) is 13.4. The van der Waals surface area contributed by atoms with Crippen molar-refractivity contribution in [1.82, 2.24) is 0 Å².